The lowest BCUT2D eigenvalue weighted by molar-refractivity contribution is -0.147. The van der Waals surface area contributed by atoms with Gasteiger partial charge in [0.05, 0.1) is 7.11 Å². The maximum absolute atomic E-state index is 12.1. The van der Waals surface area contributed by atoms with E-state index in [1.807, 2.05) is 12.1 Å². The topological polar surface area (TPSA) is 42.4 Å². The Bertz CT molecular complexity index is 433. The summed E-state index contributed by atoms with van der Waals surface area (Å²) in [6.07, 6.45) is 5.87. The van der Waals surface area contributed by atoms with Crippen molar-refractivity contribution in [2.75, 3.05) is 20.2 Å². The molecule has 20 heavy (non-hydrogen) atoms. The van der Waals surface area contributed by atoms with Crippen LogP contribution < -0.4 is 0 Å². The molecule has 0 aromatic carbocycles. The molecule has 2 rings (SSSR count). The molecule has 1 aromatic heterocycles. The van der Waals surface area contributed by atoms with Gasteiger partial charge in [-0.1, -0.05) is 19.9 Å². The van der Waals surface area contributed by atoms with Crippen LogP contribution in [0.1, 0.15) is 38.3 Å². The van der Waals surface area contributed by atoms with Crippen molar-refractivity contribution in [1.82, 2.24) is 9.88 Å². The van der Waals surface area contributed by atoms with Crippen LogP contribution >= 0.6 is 0 Å². The van der Waals surface area contributed by atoms with Gasteiger partial charge in [0, 0.05) is 18.9 Å². The molecule has 0 aliphatic carbocycles. The Hall–Kier alpha value is -1.42. The van der Waals surface area contributed by atoms with Crippen LogP contribution in [0.5, 0.6) is 0 Å². The maximum Gasteiger partial charge on any atom is 0.327 e. The Morgan fingerprint density at radius 3 is 2.95 bits per heavy atom. The molecule has 110 valence electrons. The fourth-order valence-corrected chi connectivity index (χ4v) is 3.10. The molecule has 0 saturated carbocycles. The molecule has 4 heteroatoms. The maximum atomic E-state index is 12.1. The molecule has 0 bridgehead atoms. The Kier molecular flexibility index (Phi) is 5.12. The average Bonchev–Trinajstić information content (AvgIpc) is 2.87. The van der Waals surface area contributed by atoms with E-state index in [2.05, 4.69) is 23.7 Å². The van der Waals surface area contributed by atoms with Crippen LogP contribution in [0.4, 0.5) is 0 Å². The van der Waals surface area contributed by atoms with E-state index in [1.54, 1.807) is 12.4 Å². The second-order valence-corrected chi connectivity index (χ2v) is 5.99. The Labute approximate surface area is 121 Å². The highest BCUT2D eigenvalue weighted by Crippen LogP contribution is 2.31. The predicted octanol–water partition coefficient (Wildman–Crippen LogP) is 2.66. The van der Waals surface area contributed by atoms with E-state index in [1.165, 1.54) is 13.5 Å². The van der Waals surface area contributed by atoms with Gasteiger partial charge < -0.3 is 4.74 Å². The zero-order chi connectivity index (χ0) is 14.5. The smallest absolute Gasteiger partial charge is 0.327 e. The van der Waals surface area contributed by atoms with Gasteiger partial charge in [0.15, 0.2) is 0 Å². The number of hydrogen-bond donors (Lipinski definition) is 0. The van der Waals surface area contributed by atoms with Gasteiger partial charge in [-0.05, 0) is 42.9 Å². The first-order valence-electron chi connectivity index (χ1n) is 7.33. The highest BCUT2D eigenvalue weighted by atomic mass is 16.5. The number of carbonyl (C=O) groups is 1. The zero-order valence-corrected chi connectivity index (χ0v) is 12.6. The van der Waals surface area contributed by atoms with E-state index in [9.17, 15) is 4.79 Å². The van der Waals surface area contributed by atoms with E-state index in [-0.39, 0.29) is 12.0 Å². The van der Waals surface area contributed by atoms with Crippen LogP contribution in [0, 0.1) is 11.8 Å². The van der Waals surface area contributed by atoms with Gasteiger partial charge >= 0.3 is 5.97 Å². The minimum Gasteiger partial charge on any atom is -0.468 e. The third kappa shape index (κ3) is 3.57. The van der Waals surface area contributed by atoms with Crippen molar-refractivity contribution in [3.8, 4) is 0 Å². The van der Waals surface area contributed by atoms with Crippen LogP contribution in [-0.4, -0.2) is 36.1 Å². The Balaban J connectivity index is 2.11. The third-order valence-electron chi connectivity index (χ3n) is 3.91. The number of likely N-dealkylation sites (tertiary alicyclic amines) is 1. The van der Waals surface area contributed by atoms with E-state index >= 15 is 0 Å². The van der Waals surface area contributed by atoms with Crippen LogP contribution in [-0.2, 0) is 9.53 Å². The van der Waals surface area contributed by atoms with Crippen LogP contribution in [0.3, 0.4) is 0 Å². The molecule has 1 aliphatic heterocycles. The van der Waals surface area contributed by atoms with Crippen molar-refractivity contribution in [3.05, 3.63) is 30.1 Å². The van der Waals surface area contributed by atoms with Gasteiger partial charge in [0.2, 0.25) is 0 Å². The lowest BCUT2D eigenvalue weighted by Crippen LogP contribution is -2.33. The molecule has 2 unspecified atom stereocenters. The summed E-state index contributed by atoms with van der Waals surface area (Å²) in [4.78, 5) is 18.5. The van der Waals surface area contributed by atoms with Crippen molar-refractivity contribution < 1.29 is 9.53 Å². The van der Waals surface area contributed by atoms with E-state index < -0.39 is 0 Å². The summed E-state index contributed by atoms with van der Waals surface area (Å²) in [7, 11) is 1.45. The number of hydrogen-bond acceptors (Lipinski definition) is 4. The molecule has 1 aliphatic rings. The first kappa shape index (κ1) is 15.0. The fraction of sp³-hybridized carbons (Fsp3) is 0.625. The number of methoxy groups -OCH3 is 1. The van der Waals surface area contributed by atoms with Crippen molar-refractivity contribution >= 4 is 5.97 Å². The minimum atomic E-state index is -0.314. The molecule has 0 N–H and O–H groups in total. The molecular formula is C16H24N2O2. The van der Waals surface area contributed by atoms with Gasteiger partial charge in [-0.15, -0.1) is 0 Å². The Morgan fingerprint density at radius 2 is 2.35 bits per heavy atom. The van der Waals surface area contributed by atoms with E-state index in [0.717, 1.165) is 25.1 Å². The predicted molar refractivity (Wildman–Crippen MR) is 78.1 cm³/mol. The lowest BCUT2D eigenvalue weighted by Gasteiger charge is -2.26. The van der Waals surface area contributed by atoms with E-state index in [4.69, 9.17) is 4.74 Å². The Morgan fingerprint density at radius 1 is 1.55 bits per heavy atom. The molecule has 0 amide bonds. The first-order chi connectivity index (χ1) is 9.61. The van der Waals surface area contributed by atoms with Crippen molar-refractivity contribution in [3.63, 3.8) is 0 Å². The number of esters is 1. The number of pyridine rings is 1. The van der Waals surface area contributed by atoms with E-state index in [0.29, 0.717) is 11.8 Å². The summed E-state index contributed by atoms with van der Waals surface area (Å²) in [6, 6.07) is 3.50. The minimum absolute atomic E-state index is 0.191. The monoisotopic (exact) mass is 276 g/mol. The van der Waals surface area contributed by atoms with Crippen molar-refractivity contribution in [1.29, 1.82) is 0 Å². The summed E-state index contributed by atoms with van der Waals surface area (Å²) in [6.45, 7) is 6.42. The molecule has 1 aromatic rings. The molecule has 4 nitrogen and oxygen atoms in total. The quantitative estimate of drug-likeness (QED) is 0.775. The summed E-state index contributed by atoms with van der Waals surface area (Å²) < 4.78 is 4.99. The molecular weight excluding hydrogens is 252 g/mol. The number of ether oxygens (including phenoxy) is 1. The normalized spacial score (nSPS) is 21.1. The average molecular weight is 276 g/mol. The second-order valence-electron chi connectivity index (χ2n) is 5.99. The molecule has 0 radical (unpaired) electrons. The molecule has 2 heterocycles. The lowest BCUT2D eigenvalue weighted by atomic mass is 9.96. The number of nitrogens with zero attached hydrogens (tertiary/aromatic N) is 2. The standard InChI is InChI=1S/C16H24N2O2/c1-12(2)9-13-6-8-18(11-13)15(16(19)20-3)14-5-4-7-17-10-14/h4-5,7,10,12-13,15H,6,8-9,11H2,1-3H3. The third-order valence-corrected chi connectivity index (χ3v) is 3.91. The molecule has 2 atom stereocenters. The zero-order valence-electron chi connectivity index (χ0n) is 12.6. The molecule has 1 fully saturated rings. The summed E-state index contributed by atoms with van der Waals surface area (Å²) in [5, 5.41) is 0. The molecule has 1 saturated heterocycles. The summed E-state index contributed by atoms with van der Waals surface area (Å²) in [5.41, 5.74) is 0.921. The largest absolute Gasteiger partial charge is 0.468 e. The number of rotatable bonds is 5. The van der Waals surface area contributed by atoms with Crippen LogP contribution in [0.25, 0.3) is 0 Å². The summed E-state index contributed by atoms with van der Waals surface area (Å²) >= 11 is 0. The fourth-order valence-electron chi connectivity index (χ4n) is 3.10. The number of carbonyl (C=O) groups excluding carboxylic acids is 1. The van der Waals surface area contributed by atoms with Crippen LogP contribution in [0.15, 0.2) is 24.5 Å². The first-order valence-corrected chi connectivity index (χ1v) is 7.33. The van der Waals surface area contributed by atoms with Crippen LogP contribution in [0.2, 0.25) is 0 Å². The second kappa shape index (κ2) is 6.84. The van der Waals surface area contributed by atoms with Crippen molar-refractivity contribution in [2.24, 2.45) is 11.8 Å². The van der Waals surface area contributed by atoms with Crippen molar-refractivity contribution in [2.45, 2.75) is 32.7 Å². The van der Waals surface area contributed by atoms with Gasteiger partial charge in [-0.2, -0.15) is 0 Å². The highest BCUT2D eigenvalue weighted by molar-refractivity contribution is 5.77. The highest BCUT2D eigenvalue weighted by Gasteiger charge is 2.34. The van der Waals surface area contributed by atoms with Gasteiger partial charge in [0.25, 0.3) is 0 Å². The van der Waals surface area contributed by atoms with Gasteiger partial charge in [0.1, 0.15) is 6.04 Å². The summed E-state index contributed by atoms with van der Waals surface area (Å²) in [5.74, 6) is 1.19. The molecule has 0 spiro atoms. The van der Waals surface area contributed by atoms with Gasteiger partial charge in [-0.3, -0.25) is 9.88 Å². The number of aromatic nitrogens is 1. The van der Waals surface area contributed by atoms with Gasteiger partial charge in [-0.25, -0.2) is 4.79 Å². The SMILES string of the molecule is COC(=O)C(c1cccnc1)N1CCC(CC(C)C)C1.